The van der Waals surface area contributed by atoms with Gasteiger partial charge >= 0.3 is 0 Å². The first-order valence-electron chi connectivity index (χ1n) is 16.0. The molecule has 0 radical (unpaired) electrons. The number of primary amides is 1. The van der Waals surface area contributed by atoms with Crippen molar-refractivity contribution in [3.8, 4) is 5.75 Å². The van der Waals surface area contributed by atoms with Gasteiger partial charge in [0.05, 0.1) is 12.1 Å². The van der Waals surface area contributed by atoms with E-state index in [1.807, 2.05) is 44.2 Å². The zero-order chi connectivity index (χ0) is 35.2. The van der Waals surface area contributed by atoms with Crippen LogP contribution >= 0.6 is 0 Å². The topological polar surface area (TPSA) is 230 Å². The van der Waals surface area contributed by atoms with Crippen molar-refractivity contribution in [1.29, 1.82) is 0 Å². The fourth-order valence-electron chi connectivity index (χ4n) is 5.69. The lowest BCUT2D eigenvalue weighted by atomic mass is 9.86. The van der Waals surface area contributed by atoms with E-state index in [1.54, 1.807) is 36.5 Å². The third-order valence-electron chi connectivity index (χ3n) is 8.35. The lowest BCUT2D eigenvalue weighted by Crippen LogP contribution is -2.47. The Morgan fingerprint density at radius 3 is 2.10 bits per heavy atom. The van der Waals surface area contributed by atoms with E-state index >= 15 is 0 Å². The van der Waals surface area contributed by atoms with Gasteiger partial charge in [-0.25, -0.2) is 0 Å². The third-order valence-corrected chi connectivity index (χ3v) is 8.35. The van der Waals surface area contributed by atoms with E-state index in [9.17, 15) is 24.3 Å². The molecule has 0 saturated carbocycles. The first-order chi connectivity index (χ1) is 22.8. The highest BCUT2D eigenvalue weighted by atomic mass is 16.3. The Hall–Kier alpha value is -5.10. The Morgan fingerprint density at radius 2 is 1.50 bits per heavy atom. The van der Waals surface area contributed by atoms with Crippen LogP contribution in [0.5, 0.6) is 5.75 Å². The van der Waals surface area contributed by atoms with Crippen molar-refractivity contribution in [2.24, 2.45) is 39.8 Å². The molecule has 0 aliphatic carbocycles. The van der Waals surface area contributed by atoms with Gasteiger partial charge in [0.15, 0.2) is 11.7 Å². The van der Waals surface area contributed by atoms with Gasteiger partial charge in [0.1, 0.15) is 11.5 Å². The number of hydrogen-bond donors (Lipinski definition) is 6. The van der Waals surface area contributed by atoms with Gasteiger partial charge < -0.3 is 33.4 Å². The number of aliphatic imine (C=N–C) groups is 1. The van der Waals surface area contributed by atoms with Gasteiger partial charge in [-0.2, -0.15) is 0 Å². The molecular formula is C36H47N7O5. The number of aromatic nitrogens is 1. The van der Waals surface area contributed by atoms with Crippen molar-refractivity contribution in [3.63, 3.8) is 0 Å². The molecule has 48 heavy (non-hydrogen) atoms. The Bertz CT molecular complexity index is 1550. The second-order valence-corrected chi connectivity index (χ2v) is 12.2. The normalized spacial score (nSPS) is 13.5. The molecule has 3 aromatic rings. The molecule has 0 unspecified atom stereocenters. The Kier molecular flexibility index (Phi) is 14.2. The summed E-state index contributed by atoms with van der Waals surface area (Å²) in [5, 5.41) is 13.0. The van der Waals surface area contributed by atoms with Crippen LogP contribution in [0, 0.1) is 25.7 Å². The van der Waals surface area contributed by atoms with Gasteiger partial charge in [0.2, 0.25) is 11.8 Å². The van der Waals surface area contributed by atoms with Crippen LogP contribution in [0.25, 0.3) is 0 Å². The summed E-state index contributed by atoms with van der Waals surface area (Å²) in [6.45, 7) is 3.95. The number of hydrogen-bond acceptors (Lipinski definition) is 8. The monoisotopic (exact) mass is 657 g/mol. The second-order valence-electron chi connectivity index (χ2n) is 12.2. The number of nitrogens with zero attached hydrogens (tertiary/aromatic N) is 2. The zero-order valence-corrected chi connectivity index (χ0v) is 27.6. The van der Waals surface area contributed by atoms with E-state index in [2.05, 4.69) is 15.3 Å². The highest BCUT2D eigenvalue weighted by molar-refractivity contribution is 5.94. The predicted molar refractivity (Wildman–Crippen MR) is 185 cm³/mol. The van der Waals surface area contributed by atoms with Crippen molar-refractivity contribution in [2.75, 3.05) is 6.54 Å². The predicted octanol–water partition coefficient (Wildman–Crippen LogP) is 1.93. The van der Waals surface area contributed by atoms with Crippen LogP contribution in [0.1, 0.15) is 53.6 Å². The Morgan fingerprint density at radius 1 is 0.854 bits per heavy atom. The van der Waals surface area contributed by atoms with Crippen LogP contribution in [0.4, 0.5) is 0 Å². The van der Waals surface area contributed by atoms with Gasteiger partial charge in [-0.1, -0.05) is 36.4 Å². The smallest absolute Gasteiger partial charge is 0.224 e. The van der Waals surface area contributed by atoms with Gasteiger partial charge in [-0.3, -0.25) is 29.2 Å². The minimum atomic E-state index is -1.04. The zero-order valence-electron chi connectivity index (χ0n) is 27.6. The molecule has 10 N–H and O–H groups in total. The maximum Gasteiger partial charge on any atom is 0.224 e. The number of pyridine rings is 1. The summed E-state index contributed by atoms with van der Waals surface area (Å²) in [5.41, 5.74) is 26.4. The number of benzene rings is 2. The van der Waals surface area contributed by atoms with Crippen molar-refractivity contribution in [2.45, 2.75) is 70.9 Å². The summed E-state index contributed by atoms with van der Waals surface area (Å²) in [5.74, 6) is -3.48. The number of ketones is 2. The van der Waals surface area contributed by atoms with E-state index in [4.69, 9.17) is 22.9 Å². The van der Waals surface area contributed by atoms with Gasteiger partial charge in [-0.15, -0.1) is 0 Å². The van der Waals surface area contributed by atoms with E-state index < -0.39 is 35.7 Å². The van der Waals surface area contributed by atoms with E-state index in [0.29, 0.717) is 25.1 Å². The average molecular weight is 658 g/mol. The highest BCUT2D eigenvalue weighted by Crippen LogP contribution is 2.26. The number of nitrogens with two attached hydrogens (primary N) is 4. The molecule has 0 aliphatic heterocycles. The summed E-state index contributed by atoms with van der Waals surface area (Å²) in [6.07, 6.45) is 2.51. The molecule has 0 fully saturated rings. The molecule has 0 spiro atoms. The summed E-state index contributed by atoms with van der Waals surface area (Å²) in [7, 11) is 0. The standard InChI is InChI=1S/C36H47N7O5/c1-22-15-28(44)16-23(2)29(22)18-26(20-32(45)30(37)12-8-14-42-36(39)40)35(48)43-31(21-27-11-6-7-13-41-27)33(46)19-25(34(38)47)17-24-9-4-3-5-10-24/h3-7,9-11,13,15-16,25-26,30-31,44H,8,12,14,17-21,37H2,1-2H3,(H2,38,47)(H,43,48)(H4,39,40,42)/t25-,26-,30-,31+/m1/s1. The molecule has 2 amide bonds. The van der Waals surface area contributed by atoms with Crippen LogP contribution in [0.3, 0.4) is 0 Å². The second kappa shape index (κ2) is 18.3. The molecule has 1 heterocycles. The summed E-state index contributed by atoms with van der Waals surface area (Å²) < 4.78 is 0. The number of nitrogens with one attached hydrogen (secondary N) is 1. The average Bonchev–Trinajstić information content (AvgIpc) is 3.04. The number of amides is 2. The molecule has 2 aromatic carbocycles. The first kappa shape index (κ1) is 37.4. The molecule has 256 valence electrons. The van der Waals surface area contributed by atoms with E-state index in [1.165, 1.54) is 0 Å². The number of Topliss-reactive ketones (excluding diaryl/α,β-unsaturated/α-hetero) is 2. The quantitative estimate of drug-likeness (QED) is 0.0627. The van der Waals surface area contributed by atoms with Crippen LogP contribution in [0.15, 0.2) is 71.9 Å². The van der Waals surface area contributed by atoms with E-state index in [0.717, 1.165) is 22.3 Å². The molecule has 4 atom stereocenters. The number of phenols is 1. The number of aromatic hydroxyl groups is 1. The van der Waals surface area contributed by atoms with Gasteiger partial charge in [-0.05, 0) is 86.1 Å². The minimum Gasteiger partial charge on any atom is -0.508 e. The van der Waals surface area contributed by atoms with Crippen LogP contribution in [-0.4, -0.2) is 58.1 Å². The summed E-state index contributed by atoms with van der Waals surface area (Å²) in [4.78, 5) is 62.0. The lowest BCUT2D eigenvalue weighted by Gasteiger charge is -2.25. The van der Waals surface area contributed by atoms with Gasteiger partial charge in [0.25, 0.3) is 0 Å². The summed E-state index contributed by atoms with van der Waals surface area (Å²) in [6, 6.07) is 15.8. The van der Waals surface area contributed by atoms with Crippen molar-refractivity contribution in [1.82, 2.24) is 10.3 Å². The Labute approximate surface area is 281 Å². The Balaban J connectivity index is 1.88. The first-order valence-corrected chi connectivity index (χ1v) is 16.0. The number of phenolic OH excluding ortho intramolecular Hbond substituents is 1. The molecule has 12 heteroatoms. The number of aryl methyl sites for hydroxylation is 2. The van der Waals surface area contributed by atoms with Crippen LogP contribution in [0.2, 0.25) is 0 Å². The fraction of sp³-hybridized carbons (Fsp3) is 0.389. The number of rotatable bonds is 19. The lowest BCUT2D eigenvalue weighted by molar-refractivity contribution is -0.133. The maximum absolute atomic E-state index is 14.1. The SMILES string of the molecule is Cc1cc(O)cc(C)c1C[C@H](CC(=O)[C@H](N)CCCN=C(N)N)C(=O)N[C@@H](Cc1ccccn1)C(=O)C[C@@H](Cc1ccccc1)C(N)=O. The number of carbonyl (C=O) groups is 4. The minimum absolute atomic E-state index is 0.0525. The maximum atomic E-state index is 14.1. The molecule has 3 rings (SSSR count). The highest BCUT2D eigenvalue weighted by Gasteiger charge is 2.32. The van der Waals surface area contributed by atoms with E-state index in [-0.39, 0.29) is 55.4 Å². The third kappa shape index (κ3) is 11.9. The molecule has 0 aliphatic rings. The molecule has 0 saturated heterocycles. The van der Waals surface area contributed by atoms with Crippen molar-refractivity contribution >= 4 is 29.3 Å². The molecule has 1 aromatic heterocycles. The van der Waals surface area contributed by atoms with Crippen LogP contribution < -0.4 is 28.3 Å². The largest absolute Gasteiger partial charge is 0.508 e. The van der Waals surface area contributed by atoms with Crippen LogP contribution in [-0.2, 0) is 38.4 Å². The van der Waals surface area contributed by atoms with Crippen molar-refractivity contribution < 1.29 is 24.3 Å². The fourth-order valence-corrected chi connectivity index (χ4v) is 5.69. The molecule has 0 bridgehead atoms. The number of guanidine groups is 1. The van der Waals surface area contributed by atoms with Gasteiger partial charge in [0, 0.05) is 49.5 Å². The summed E-state index contributed by atoms with van der Waals surface area (Å²) >= 11 is 0. The molecule has 12 nitrogen and oxygen atoms in total. The van der Waals surface area contributed by atoms with Crippen molar-refractivity contribution in [3.05, 3.63) is 94.8 Å². The number of carbonyl (C=O) groups excluding carboxylic acids is 4. The molecular weight excluding hydrogens is 610 g/mol.